The first kappa shape index (κ1) is 16.8. The van der Waals surface area contributed by atoms with Crippen LogP contribution >= 0.6 is 0 Å². The van der Waals surface area contributed by atoms with Gasteiger partial charge in [-0.3, -0.25) is 0 Å². The van der Waals surface area contributed by atoms with Crippen molar-refractivity contribution >= 4 is 12.0 Å². The van der Waals surface area contributed by atoms with Gasteiger partial charge in [-0.15, -0.1) is 0 Å². The van der Waals surface area contributed by atoms with Gasteiger partial charge in [0.05, 0.1) is 0 Å². The number of rotatable bonds is 8. The highest BCUT2D eigenvalue weighted by molar-refractivity contribution is 5.86. The molecule has 0 aromatic heterocycles. The number of carboxylic acid groups (broad SMARTS) is 1. The fourth-order valence-electron chi connectivity index (χ4n) is 2.39. The summed E-state index contributed by atoms with van der Waals surface area (Å²) in [5.74, 6) is -0.231. The van der Waals surface area contributed by atoms with Crippen molar-refractivity contribution in [1.29, 1.82) is 0 Å². The van der Waals surface area contributed by atoms with Crippen molar-refractivity contribution < 1.29 is 14.7 Å². The zero-order chi connectivity index (χ0) is 15.3. The van der Waals surface area contributed by atoms with Crippen molar-refractivity contribution in [1.82, 2.24) is 10.6 Å². The maximum atomic E-state index is 11.9. The van der Waals surface area contributed by atoms with Crippen LogP contribution in [0.5, 0.6) is 0 Å². The highest BCUT2D eigenvalue weighted by atomic mass is 16.4. The van der Waals surface area contributed by atoms with E-state index in [0.29, 0.717) is 5.92 Å². The molecule has 0 aromatic carbocycles. The summed E-state index contributed by atoms with van der Waals surface area (Å²) in [4.78, 5) is 23.2. The van der Waals surface area contributed by atoms with Crippen molar-refractivity contribution in [2.45, 2.75) is 71.4 Å². The van der Waals surface area contributed by atoms with E-state index < -0.39 is 11.5 Å². The van der Waals surface area contributed by atoms with E-state index in [1.807, 2.05) is 6.92 Å². The van der Waals surface area contributed by atoms with Gasteiger partial charge in [-0.2, -0.15) is 0 Å². The van der Waals surface area contributed by atoms with E-state index in [0.717, 1.165) is 32.1 Å². The molecule has 0 heterocycles. The van der Waals surface area contributed by atoms with Gasteiger partial charge in [0.15, 0.2) is 0 Å². The zero-order valence-electron chi connectivity index (χ0n) is 13.0. The lowest BCUT2D eigenvalue weighted by Gasteiger charge is -2.27. The summed E-state index contributed by atoms with van der Waals surface area (Å²) < 4.78 is 0. The van der Waals surface area contributed by atoms with Gasteiger partial charge in [0.2, 0.25) is 0 Å². The Kier molecular flexibility index (Phi) is 5.84. The first-order valence-electron chi connectivity index (χ1n) is 7.57. The molecule has 3 N–H and O–H groups in total. The van der Waals surface area contributed by atoms with Crippen molar-refractivity contribution in [3.63, 3.8) is 0 Å². The fourth-order valence-corrected chi connectivity index (χ4v) is 2.39. The van der Waals surface area contributed by atoms with Crippen LogP contribution in [0.25, 0.3) is 0 Å². The number of hydrogen-bond donors (Lipinski definition) is 3. The van der Waals surface area contributed by atoms with Crippen LogP contribution in [0.2, 0.25) is 0 Å². The molecule has 2 unspecified atom stereocenters. The average molecular weight is 284 g/mol. The molecule has 1 aliphatic carbocycles. The first-order chi connectivity index (χ1) is 9.25. The minimum atomic E-state index is -1.14. The fraction of sp³-hybridized carbons (Fsp3) is 0.867. The van der Waals surface area contributed by atoms with Crippen LogP contribution in [0.1, 0.15) is 59.8 Å². The molecule has 0 aromatic rings. The van der Waals surface area contributed by atoms with Gasteiger partial charge in [-0.25, -0.2) is 9.59 Å². The molecule has 1 fully saturated rings. The minimum Gasteiger partial charge on any atom is -0.480 e. The Morgan fingerprint density at radius 1 is 1.25 bits per heavy atom. The Labute approximate surface area is 121 Å². The van der Waals surface area contributed by atoms with E-state index in [4.69, 9.17) is 0 Å². The van der Waals surface area contributed by atoms with E-state index in [1.54, 1.807) is 6.92 Å². The highest BCUT2D eigenvalue weighted by Crippen LogP contribution is 2.39. The van der Waals surface area contributed by atoms with Gasteiger partial charge >= 0.3 is 12.0 Å². The lowest BCUT2D eigenvalue weighted by Crippen LogP contribution is -2.57. The van der Waals surface area contributed by atoms with Crippen LogP contribution in [0.15, 0.2) is 0 Å². The number of carbonyl (C=O) groups excluding carboxylic acids is 1. The van der Waals surface area contributed by atoms with Gasteiger partial charge in [-0.05, 0) is 44.9 Å². The Bertz CT molecular complexity index is 353. The van der Waals surface area contributed by atoms with E-state index in [1.165, 1.54) is 0 Å². The normalized spacial score (nSPS) is 19.2. The molecule has 0 radical (unpaired) electrons. The lowest BCUT2D eigenvalue weighted by atomic mass is 9.96. The number of nitrogens with one attached hydrogen (secondary N) is 2. The molecule has 5 nitrogen and oxygen atoms in total. The van der Waals surface area contributed by atoms with Crippen molar-refractivity contribution in [2.24, 2.45) is 11.8 Å². The number of amides is 2. The molecule has 0 spiro atoms. The average Bonchev–Trinajstić information content (AvgIpc) is 3.11. The highest BCUT2D eigenvalue weighted by Gasteiger charge is 2.48. The van der Waals surface area contributed by atoms with E-state index >= 15 is 0 Å². The van der Waals surface area contributed by atoms with Crippen molar-refractivity contribution in [3.05, 3.63) is 0 Å². The van der Waals surface area contributed by atoms with Crippen LogP contribution in [0.4, 0.5) is 4.79 Å². The molecule has 2 atom stereocenters. The minimum absolute atomic E-state index is 0.0574. The molecule has 1 rings (SSSR count). The second-order valence-electron chi connectivity index (χ2n) is 6.61. The maximum absolute atomic E-state index is 11.9. The summed E-state index contributed by atoms with van der Waals surface area (Å²) in [5.41, 5.74) is -1.14. The molecule has 2 amide bonds. The quantitative estimate of drug-likeness (QED) is 0.641. The summed E-state index contributed by atoms with van der Waals surface area (Å²) >= 11 is 0. The number of urea groups is 1. The largest absolute Gasteiger partial charge is 0.480 e. The molecule has 20 heavy (non-hydrogen) atoms. The van der Waals surface area contributed by atoms with Crippen LogP contribution in [0, 0.1) is 11.8 Å². The Morgan fingerprint density at radius 3 is 2.30 bits per heavy atom. The second-order valence-corrected chi connectivity index (χ2v) is 6.61. The van der Waals surface area contributed by atoms with E-state index in [-0.39, 0.29) is 18.0 Å². The molecule has 1 aliphatic rings. The van der Waals surface area contributed by atoms with E-state index in [2.05, 4.69) is 24.5 Å². The van der Waals surface area contributed by atoms with Crippen LogP contribution < -0.4 is 10.6 Å². The standard InChI is InChI=1S/C15H28N2O3/c1-10(2)6-5-7-11(3)16-14(20)17-15(4,13(18)19)12-8-9-12/h10-12H,5-9H2,1-4H3,(H,18,19)(H2,16,17,20). The van der Waals surface area contributed by atoms with Crippen LogP contribution in [-0.2, 0) is 4.79 Å². The van der Waals surface area contributed by atoms with Gasteiger partial charge in [0.25, 0.3) is 0 Å². The summed E-state index contributed by atoms with van der Waals surface area (Å²) in [6.45, 7) is 7.91. The predicted octanol–water partition coefficient (Wildman–Crippen LogP) is 2.75. The second kappa shape index (κ2) is 6.95. The SMILES string of the molecule is CC(C)CCCC(C)NC(=O)NC(C)(C(=O)O)C1CC1. The number of aliphatic carboxylic acids is 1. The predicted molar refractivity (Wildman–Crippen MR) is 78.6 cm³/mol. The lowest BCUT2D eigenvalue weighted by molar-refractivity contribution is -0.144. The Morgan fingerprint density at radius 2 is 1.85 bits per heavy atom. The third-order valence-electron chi connectivity index (χ3n) is 4.01. The smallest absolute Gasteiger partial charge is 0.329 e. The summed E-state index contributed by atoms with van der Waals surface area (Å²) in [6, 6.07) is -0.315. The van der Waals surface area contributed by atoms with Gasteiger partial charge in [-0.1, -0.05) is 26.7 Å². The third kappa shape index (κ3) is 5.02. The Hall–Kier alpha value is -1.26. The molecule has 5 heteroatoms. The topological polar surface area (TPSA) is 78.4 Å². The molecule has 0 bridgehead atoms. The molecular formula is C15H28N2O3. The monoisotopic (exact) mass is 284 g/mol. The van der Waals surface area contributed by atoms with Crippen molar-refractivity contribution in [2.75, 3.05) is 0 Å². The molecule has 0 aliphatic heterocycles. The third-order valence-corrected chi connectivity index (χ3v) is 4.01. The van der Waals surface area contributed by atoms with Gasteiger partial charge in [0, 0.05) is 6.04 Å². The number of carboxylic acids is 1. The molecular weight excluding hydrogens is 256 g/mol. The summed E-state index contributed by atoms with van der Waals surface area (Å²) in [7, 11) is 0. The maximum Gasteiger partial charge on any atom is 0.329 e. The summed E-state index contributed by atoms with van der Waals surface area (Å²) in [6.07, 6.45) is 4.86. The van der Waals surface area contributed by atoms with Gasteiger partial charge in [0.1, 0.15) is 5.54 Å². The van der Waals surface area contributed by atoms with Gasteiger partial charge < -0.3 is 15.7 Å². The number of carbonyl (C=O) groups is 2. The summed E-state index contributed by atoms with van der Waals surface area (Å²) in [5, 5.41) is 14.8. The van der Waals surface area contributed by atoms with Crippen LogP contribution in [0.3, 0.4) is 0 Å². The zero-order valence-corrected chi connectivity index (χ0v) is 13.0. The number of hydrogen-bond acceptors (Lipinski definition) is 2. The molecule has 116 valence electrons. The van der Waals surface area contributed by atoms with Crippen molar-refractivity contribution in [3.8, 4) is 0 Å². The molecule has 1 saturated carbocycles. The van der Waals surface area contributed by atoms with E-state index in [9.17, 15) is 14.7 Å². The molecule has 0 saturated heterocycles. The Balaban J connectivity index is 2.36. The van der Waals surface area contributed by atoms with Crippen LogP contribution in [-0.4, -0.2) is 28.7 Å². The first-order valence-corrected chi connectivity index (χ1v) is 7.57.